The van der Waals surface area contributed by atoms with Crippen molar-refractivity contribution in [3.63, 3.8) is 0 Å². The Balaban J connectivity index is 2.00. The van der Waals surface area contributed by atoms with Crippen molar-refractivity contribution in [1.29, 1.82) is 0 Å². The van der Waals surface area contributed by atoms with Gasteiger partial charge in [-0.15, -0.1) is 0 Å². The largest absolute Gasteiger partial charge is 0.481 e. The third-order valence-corrected chi connectivity index (χ3v) is 3.45. The van der Waals surface area contributed by atoms with Crippen LogP contribution in [0.5, 0.6) is 0 Å². The number of unbranched alkanes of at least 4 members (excludes halogenated alkanes) is 2. The van der Waals surface area contributed by atoms with Gasteiger partial charge in [0.05, 0.1) is 0 Å². The van der Waals surface area contributed by atoms with Crippen LogP contribution in [-0.2, 0) is 4.79 Å². The van der Waals surface area contributed by atoms with Gasteiger partial charge in [-0.25, -0.2) is 0 Å². The Morgan fingerprint density at radius 3 is 2.22 bits per heavy atom. The Morgan fingerprint density at radius 1 is 1.06 bits per heavy atom. The SMILES string of the molecule is CC(C)CN1CCN(CCCCCC(=O)O)CC1. The van der Waals surface area contributed by atoms with Gasteiger partial charge in [0.25, 0.3) is 0 Å². The molecule has 1 aliphatic heterocycles. The number of rotatable bonds is 8. The summed E-state index contributed by atoms with van der Waals surface area (Å²) in [6.07, 6.45) is 3.32. The van der Waals surface area contributed by atoms with Crippen molar-refractivity contribution in [2.45, 2.75) is 39.5 Å². The van der Waals surface area contributed by atoms with E-state index in [0.29, 0.717) is 6.42 Å². The van der Waals surface area contributed by atoms with Gasteiger partial charge in [0, 0.05) is 39.1 Å². The maximum absolute atomic E-state index is 10.4. The van der Waals surface area contributed by atoms with E-state index >= 15 is 0 Å². The normalized spacial score (nSPS) is 18.4. The van der Waals surface area contributed by atoms with Crippen molar-refractivity contribution in [1.82, 2.24) is 9.80 Å². The molecule has 1 N–H and O–H groups in total. The van der Waals surface area contributed by atoms with Gasteiger partial charge in [-0.3, -0.25) is 4.79 Å². The lowest BCUT2D eigenvalue weighted by atomic mass is 10.1. The van der Waals surface area contributed by atoms with E-state index in [9.17, 15) is 4.79 Å². The van der Waals surface area contributed by atoms with Crippen LogP contribution in [0.4, 0.5) is 0 Å². The minimum atomic E-state index is -0.669. The van der Waals surface area contributed by atoms with Gasteiger partial charge in [0.1, 0.15) is 0 Å². The number of carbonyl (C=O) groups is 1. The Morgan fingerprint density at radius 2 is 1.67 bits per heavy atom. The zero-order valence-corrected chi connectivity index (χ0v) is 11.9. The summed E-state index contributed by atoms with van der Waals surface area (Å²) in [4.78, 5) is 15.4. The Bertz CT molecular complexity index is 236. The Kier molecular flexibility index (Phi) is 7.28. The van der Waals surface area contributed by atoms with Crippen molar-refractivity contribution in [2.75, 3.05) is 39.3 Å². The predicted octanol–water partition coefficient (Wildman–Crippen LogP) is 1.91. The summed E-state index contributed by atoms with van der Waals surface area (Å²) in [7, 11) is 0. The quantitative estimate of drug-likeness (QED) is 0.674. The molecule has 1 fully saturated rings. The molecule has 0 aliphatic carbocycles. The van der Waals surface area contributed by atoms with Gasteiger partial charge in [0.15, 0.2) is 0 Å². The highest BCUT2D eigenvalue weighted by molar-refractivity contribution is 5.66. The fraction of sp³-hybridized carbons (Fsp3) is 0.929. The molecule has 0 bridgehead atoms. The Labute approximate surface area is 111 Å². The summed E-state index contributed by atoms with van der Waals surface area (Å²) in [6.45, 7) is 11.6. The van der Waals surface area contributed by atoms with Crippen LogP contribution in [-0.4, -0.2) is 60.1 Å². The molecule has 106 valence electrons. The molecule has 0 spiro atoms. The molecule has 0 saturated carbocycles. The van der Waals surface area contributed by atoms with Crippen LogP contribution in [0.1, 0.15) is 39.5 Å². The molecule has 0 aromatic rings. The third-order valence-electron chi connectivity index (χ3n) is 3.45. The molecule has 18 heavy (non-hydrogen) atoms. The van der Waals surface area contributed by atoms with E-state index in [0.717, 1.165) is 31.7 Å². The maximum Gasteiger partial charge on any atom is 0.303 e. The van der Waals surface area contributed by atoms with E-state index in [1.165, 1.54) is 32.7 Å². The molecule has 0 unspecified atom stereocenters. The lowest BCUT2D eigenvalue weighted by Crippen LogP contribution is -2.47. The van der Waals surface area contributed by atoms with Crippen LogP contribution < -0.4 is 0 Å². The topological polar surface area (TPSA) is 43.8 Å². The minimum absolute atomic E-state index is 0.322. The molecule has 1 rings (SSSR count). The van der Waals surface area contributed by atoms with Gasteiger partial charge < -0.3 is 14.9 Å². The van der Waals surface area contributed by atoms with Crippen molar-refractivity contribution in [3.05, 3.63) is 0 Å². The first-order valence-electron chi connectivity index (χ1n) is 7.24. The van der Waals surface area contributed by atoms with Crippen LogP contribution in [0.25, 0.3) is 0 Å². The molecule has 0 aromatic carbocycles. The molecule has 0 radical (unpaired) electrons. The third kappa shape index (κ3) is 6.97. The number of piperazine rings is 1. The van der Waals surface area contributed by atoms with Gasteiger partial charge in [0.2, 0.25) is 0 Å². The smallest absolute Gasteiger partial charge is 0.303 e. The van der Waals surface area contributed by atoms with Gasteiger partial charge in [-0.05, 0) is 25.3 Å². The molecule has 4 heteroatoms. The zero-order chi connectivity index (χ0) is 13.4. The zero-order valence-electron chi connectivity index (χ0n) is 11.9. The summed E-state index contributed by atoms with van der Waals surface area (Å²) in [5.41, 5.74) is 0. The van der Waals surface area contributed by atoms with Crippen LogP contribution in [0.15, 0.2) is 0 Å². The molecular weight excluding hydrogens is 228 g/mol. The second kappa shape index (κ2) is 8.48. The summed E-state index contributed by atoms with van der Waals surface area (Å²) in [6, 6.07) is 0. The second-order valence-electron chi connectivity index (χ2n) is 5.74. The van der Waals surface area contributed by atoms with E-state index in [1.807, 2.05) is 0 Å². The standard InChI is InChI=1S/C14H28N2O2/c1-13(2)12-16-10-8-15(9-11-16)7-5-3-4-6-14(17)18/h13H,3-12H2,1-2H3,(H,17,18). The lowest BCUT2D eigenvalue weighted by Gasteiger charge is -2.35. The lowest BCUT2D eigenvalue weighted by molar-refractivity contribution is -0.137. The van der Waals surface area contributed by atoms with Crippen molar-refractivity contribution in [2.24, 2.45) is 5.92 Å². The highest BCUT2D eigenvalue weighted by Gasteiger charge is 2.16. The first kappa shape index (κ1) is 15.4. The fourth-order valence-corrected chi connectivity index (χ4v) is 2.50. The predicted molar refractivity (Wildman–Crippen MR) is 73.8 cm³/mol. The number of aliphatic carboxylic acids is 1. The maximum atomic E-state index is 10.4. The first-order valence-corrected chi connectivity index (χ1v) is 7.24. The van der Waals surface area contributed by atoms with E-state index in [1.54, 1.807) is 0 Å². The minimum Gasteiger partial charge on any atom is -0.481 e. The molecule has 0 aromatic heterocycles. The first-order chi connectivity index (χ1) is 8.58. The van der Waals surface area contributed by atoms with Crippen LogP contribution in [0.3, 0.4) is 0 Å². The van der Waals surface area contributed by atoms with Crippen LogP contribution in [0, 0.1) is 5.92 Å². The number of nitrogens with zero attached hydrogens (tertiary/aromatic N) is 2. The van der Waals surface area contributed by atoms with Crippen molar-refractivity contribution >= 4 is 5.97 Å². The number of carboxylic acid groups (broad SMARTS) is 1. The number of hydrogen-bond donors (Lipinski definition) is 1. The van der Waals surface area contributed by atoms with Crippen LogP contribution in [0.2, 0.25) is 0 Å². The van der Waals surface area contributed by atoms with Crippen molar-refractivity contribution < 1.29 is 9.90 Å². The number of carboxylic acids is 1. The van der Waals surface area contributed by atoms with E-state index < -0.39 is 5.97 Å². The molecule has 4 nitrogen and oxygen atoms in total. The molecule has 1 aliphatic rings. The summed E-state index contributed by atoms with van der Waals surface area (Å²) < 4.78 is 0. The molecule has 0 atom stereocenters. The second-order valence-corrected chi connectivity index (χ2v) is 5.74. The van der Waals surface area contributed by atoms with E-state index in [2.05, 4.69) is 23.6 Å². The fourth-order valence-electron chi connectivity index (χ4n) is 2.50. The highest BCUT2D eigenvalue weighted by Crippen LogP contribution is 2.07. The van der Waals surface area contributed by atoms with Crippen LogP contribution >= 0.6 is 0 Å². The Hall–Kier alpha value is -0.610. The van der Waals surface area contributed by atoms with Gasteiger partial charge in [-0.1, -0.05) is 20.3 Å². The average Bonchev–Trinajstić information content (AvgIpc) is 2.30. The monoisotopic (exact) mass is 256 g/mol. The summed E-state index contributed by atoms with van der Waals surface area (Å²) in [5.74, 6) is 0.0878. The van der Waals surface area contributed by atoms with E-state index in [-0.39, 0.29) is 0 Å². The number of hydrogen-bond acceptors (Lipinski definition) is 3. The van der Waals surface area contributed by atoms with Crippen molar-refractivity contribution in [3.8, 4) is 0 Å². The van der Waals surface area contributed by atoms with E-state index in [4.69, 9.17) is 5.11 Å². The average molecular weight is 256 g/mol. The molecule has 1 heterocycles. The molecular formula is C14H28N2O2. The van der Waals surface area contributed by atoms with Gasteiger partial charge >= 0.3 is 5.97 Å². The highest BCUT2D eigenvalue weighted by atomic mass is 16.4. The molecule has 1 saturated heterocycles. The summed E-state index contributed by atoms with van der Waals surface area (Å²) >= 11 is 0. The van der Waals surface area contributed by atoms with Gasteiger partial charge in [-0.2, -0.15) is 0 Å². The molecule has 0 amide bonds. The summed E-state index contributed by atoms with van der Waals surface area (Å²) in [5, 5.41) is 8.55.